The summed E-state index contributed by atoms with van der Waals surface area (Å²) in [6, 6.07) is 16.1. The molecule has 0 radical (unpaired) electrons. The second-order valence-corrected chi connectivity index (χ2v) is 7.63. The second-order valence-electron chi connectivity index (χ2n) is 7.63. The lowest BCUT2D eigenvalue weighted by atomic mass is 10.0. The van der Waals surface area contributed by atoms with Gasteiger partial charge in [0.1, 0.15) is 5.75 Å². The van der Waals surface area contributed by atoms with Crippen LogP contribution in [0.2, 0.25) is 0 Å². The summed E-state index contributed by atoms with van der Waals surface area (Å²) in [6.45, 7) is 5.53. The number of hydrogen-bond acceptors (Lipinski definition) is 3. The van der Waals surface area contributed by atoms with Gasteiger partial charge in [0.25, 0.3) is 5.91 Å². The van der Waals surface area contributed by atoms with Crippen LogP contribution in [0, 0.1) is 13.8 Å². The Kier molecular flexibility index (Phi) is 5.38. The fraction of sp³-hybridized carbons (Fsp3) is 0.333. The molecule has 5 heteroatoms. The summed E-state index contributed by atoms with van der Waals surface area (Å²) in [7, 11) is 1.67. The summed E-state index contributed by atoms with van der Waals surface area (Å²) >= 11 is 0. The lowest BCUT2D eigenvalue weighted by Crippen LogP contribution is -2.31. The van der Waals surface area contributed by atoms with Crippen molar-refractivity contribution < 1.29 is 9.53 Å². The number of methoxy groups -OCH3 is 1. The minimum atomic E-state index is 0.0939. The first-order valence-corrected chi connectivity index (χ1v) is 10.1. The number of benzene rings is 1. The van der Waals surface area contributed by atoms with Gasteiger partial charge in [-0.2, -0.15) is 0 Å². The summed E-state index contributed by atoms with van der Waals surface area (Å²) in [5, 5.41) is 0. The minimum Gasteiger partial charge on any atom is -0.497 e. The highest BCUT2D eigenvalue weighted by Crippen LogP contribution is 2.35. The molecule has 0 saturated carbocycles. The summed E-state index contributed by atoms with van der Waals surface area (Å²) in [6.07, 6.45) is 3.80. The van der Waals surface area contributed by atoms with Gasteiger partial charge in [-0.15, -0.1) is 0 Å². The monoisotopic (exact) mass is 389 g/mol. The molecular weight excluding hydrogens is 362 g/mol. The number of carbonyl (C=O) groups excluding carboxylic acids is 1. The maximum Gasteiger partial charge on any atom is 0.256 e. The average Bonchev–Trinajstić information content (AvgIpc) is 3.35. The molecule has 1 atom stereocenters. The van der Waals surface area contributed by atoms with Crippen LogP contribution in [-0.4, -0.2) is 34.0 Å². The predicted molar refractivity (Wildman–Crippen MR) is 113 cm³/mol. The van der Waals surface area contributed by atoms with Gasteiger partial charge in [-0.25, -0.2) is 0 Å². The second kappa shape index (κ2) is 8.11. The van der Waals surface area contributed by atoms with Gasteiger partial charge in [0, 0.05) is 24.1 Å². The number of nitrogens with zero attached hydrogens (tertiary/aromatic N) is 3. The van der Waals surface area contributed by atoms with Crippen molar-refractivity contribution in [3.05, 3.63) is 82.9 Å². The number of likely N-dealkylation sites (tertiary alicyclic amines) is 1. The molecule has 29 heavy (non-hydrogen) atoms. The Morgan fingerprint density at radius 1 is 1.17 bits per heavy atom. The Bertz CT molecular complexity index is 1010. The third kappa shape index (κ3) is 3.77. The van der Waals surface area contributed by atoms with Crippen molar-refractivity contribution in [3.63, 3.8) is 0 Å². The number of amides is 1. The number of aryl methyl sites for hydroxylation is 1. The van der Waals surface area contributed by atoms with Crippen molar-refractivity contribution in [2.75, 3.05) is 13.7 Å². The summed E-state index contributed by atoms with van der Waals surface area (Å²) < 4.78 is 7.55. The number of hydrogen-bond donors (Lipinski definition) is 0. The molecular formula is C24H27N3O2. The zero-order valence-corrected chi connectivity index (χ0v) is 17.3. The van der Waals surface area contributed by atoms with Gasteiger partial charge in [0.2, 0.25) is 0 Å². The van der Waals surface area contributed by atoms with Crippen molar-refractivity contribution in [1.29, 1.82) is 0 Å². The molecule has 0 N–H and O–H groups in total. The van der Waals surface area contributed by atoms with Gasteiger partial charge in [-0.3, -0.25) is 9.78 Å². The number of aromatic nitrogens is 2. The lowest BCUT2D eigenvalue weighted by molar-refractivity contribution is 0.0734. The fourth-order valence-electron chi connectivity index (χ4n) is 4.27. The first kappa shape index (κ1) is 19.2. The first-order chi connectivity index (χ1) is 14.1. The largest absolute Gasteiger partial charge is 0.497 e. The van der Waals surface area contributed by atoms with Crippen molar-refractivity contribution in [1.82, 2.24) is 14.5 Å². The normalized spacial score (nSPS) is 16.2. The van der Waals surface area contributed by atoms with Crippen LogP contribution < -0.4 is 4.74 Å². The number of carbonyl (C=O) groups is 1. The summed E-state index contributed by atoms with van der Waals surface area (Å²) in [5.41, 5.74) is 4.98. The molecule has 4 rings (SSSR count). The van der Waals surface area contributed by atoms with E-state index in [9.17, 15) is 4.79 Å². The Morgan fingerprint density at radius 3 is 2.79 bits per heavy atom. The van der Waals surface area contributed by atoms with Crippen molar-refractivity contribution in [2.24, 2.45) is 0 Å². The smallest absolute Gasteiger partial charge is 0.256 e. The molecule has 1 saturated heterocycles. The van der Waals surface area contributed by atoms with E-state index in [2.05, 4.69) is 22.5 Å². The molecule has 3 heterocycles. The summed E-state index contributed by atoms with van der Waals surface area (Å²) in [5.74, 6) is 0.936. The van der Waals surface area contributed by atoms with Gasteiger partial charge in [0.05, 0.1) is 31.0 Å². The Morgan fingerprint density at radius 2 is 2.03 bits per heavy atom. The number of ether oxygens (including phenoxy) is 1. The highest BCUT2D eigenvalue weighted by molar-refractivity contribution is 5.96. The molecule has 1 aromatic carbocycles. The van der Waals surface area contributed by atoms with Gasteiger partial charge in [-0.05, 0) is 62.6 Å². The van der Waals surface area contributed by atoms with Crippen LogP contribution in [0.15, 0.2) is 54.7 Å². The molecule has 0 aliphatic carbocycles. The Balaban J connectivity index is 1.61. The van der Waals surface area contributed by atoms with E-state index >= 15 is 0 Å². The zero-order chi connectivity index (χ0) is 20.4. The number of pyridine rings is 1. The molecule has 1 fully saturated rings. The van der Waals surface area contributed by atoms with Gasteiger partial charge >= 0.3 is 0 Å². The maximum absolute atomic E-state index is 13.5. The van der Waals surface area contributed by atoms with Crippen LogP contribution in [0.25, 0.3) is 0 Å². The molecule has 5 nitrogen and oxygen atoms in total. The molecule has 3 aromatic rings. The van der Waals surface area contributed by atoms with Crippen LogP contribution in [0.4, 0.5) is 0 Å². The molecule has 0 bridgehead atoms. The van der Waals surface area contributed by atoms with Crippen LogP contribution >= 0.6 is 0 Å². The molecule has 0 spiro atoms. The molecule has 2 aromatic heterocycles. The van der Waals surface area contributed by atoms with E-state index in [0.717, 1.165) is 53.3 Å². The van der Waals surface area contributed by atoms with E-state index in [1.54, 1.807) is 13.3 Å². The van der Waals surface area contributed by atoms with E-state index < -0.39 is 0 Å². The molecule has 1 aliphatic rings. The van der Waals surface area contributed by atoms with E-state index in [1.807, 2.05) is 54.3 Å². The molecule has 150 valence electrons. The van der Waals surface area contributed by atoms with E-state index in [1.165, 1.54) is 0 Å². The maximum atomic E-state index is 13.5. The highest BCUT2D eigenvalue weighted by Gasteiger charge is 2.32. The molecule has 1 unspecified atom stereocenters. The van der Waals surface area contributed by atoms with E-state index in [-0.39, 0.29) is 11.9 Å². The van der Waals surface area contributed by atoms with Crippen LogP contribution in [0.5, 0.6) is 5.75 Å². The quantitative estimate of drug-likeness (QED) is 0.644. The van der Waals surface area contributed by atoms with Crippen molar-refractivity contribution in [2.45, 2.75) is 39.3 Å². The SMILES string of the molecule is COc1cccc(C2CCCN2C(=O)c2cc(C)n(Cc3ccccn3)c2C)c1. The van der Waals surface area contributed by atoms with E-state index in [0.29, 0.717) is 6.54 Å². The topological polar surface area (TPSA) is 47.4 Å². The summed E-state index contributed by atoms with van der Waals surface area (Å²) in [4.78, 5) is 19.9. The third-order valence-electron chi connectivity index (χ3n) is 5.84. The minimum absolute atomic E-state index is 0.0939. The Hall–Kier alpha value is -3.08. The van der Waals surface area contributed by atoms with Gasteiger partial charge in [-0.1, -0.05) is 18.2 Å². The number of rotatable bonds is 5. The van der Waals surface area contributed by atoms with E-state index in [4.69, 9.17) is 4.74 Å². The van der Waals surface area contributed by atoms with Gasteiger partial charge < -0.3 is 14.2 Å². The van der Waals surface area contributed by atoms with Gasteiger partial charge in [0.15, 0.2) is 0 Å². The fourth-order valence-corrected chi connectivity index (χ4v) is 4.27. The van der Waals surface area contributed by atoms with Crippen LogP contribution in [0.3, 0.4) is 0 Å². The van der Waals surface area contributed by atoms with Crippen LogP contribution in [-0.2, 0) is 6.54 Å². The zero-order valence-electron chi connectivity index (χ0n) is 17.3. The Labute approximate surface area is 171 Å². The molecule has 1 amide bonds. The predicted octanol–water partition coefficient (Wildman–Crippen LogP) is 4.53. The van der Waals surface area contributed by atoms with Crippen LogP contribution in [0.1, 0.15) is 51.9 Å². The first-order valence-electron chi connectivity index (χ1n) is 10.1. The molecule has 1 aliphatic heterocycles. The standard InChI is InChI=1S/C24H27N3O2/c1-17-14-22(18(2)27(17)16-20-9-4-5-12-25-20)24(28)26-13-7-11-23(26)19-8-6-10-21(15-19)29-3/h4-6,8-10,12,14-15,23H,7,11,13,16H2,1-3H3. The average molecular weight is 389 g/mol. The third-order valence-corrected chi connectivity index (χ3v) is 5.84. The van der Waals surface area contributed by atoms with Crippen molar-refractivity contribution in [3.8, 4) is 5.75 Å². The lowest BCUT2D eigenvalue weighted by Gasteiger charge is -2.25. The highest BCUT2D eigenvalue weighted by atomic mass is 16.5. The van der Waals surface area contributed by atoms with Crippen molar-refractivity contribution >= 4 is 5.91 Å².